The third kappa shape index (κ3) is 2.60. The number of nitrogens with one attached hydrogen (secondary N) is 3. The number of benzene rings is 1. The minimum absolute atomic E-state index is 0.220. The number of rotatable bonds is 2. The average Bonchev–Trinajstić information content (AvgIpc) is 3.53. The van der Waals surface area contributed by atoms with E-state index in [1.54, 1.807) is 18.2 Å². The van der Waals surface area contributed by atoms with Crippen LogP contribution in [0.2, 0.25) is 0 Å². The van der Waals surface area contributed by atoms with Gasteiger partial charge in [-0.2, -0.15) is 13.2 Å². The monoisotopic (exact) mass is 466 g/mol. The van der Waals surface area contributed by atoms with Crippen molar-refractivity contribution in [2.24, 2.45) is 0 Å². The van der Waals surface area contributed by atoms with Gasteiger partial charge in [-0.1, -0.05) is 6.07 Å². The number of halogens is 3. The van der Waals surface area contributed by atoms with E-state index in [0.717, 1.165) is 16.1 Å². The number of sulfonamides is 1. The summed E-state index contributed by atoms with van der Waals surface area (Å²) >= 11 is 0. The molecule has 13 heteroatoms. The van der Waals surface area contributed by atoms with Crippen molar-refractivity contribution < 1.29 is 26.4 Å². The van der Waals surface area contributed by atoms with Gasteiger partial charge in [0.05, 0.1) is 17.9 Å². The second kappa shape index (κ2) is 6.18. The second-order valence-electron chi connectivity index (χ2n) is 8.13. The predicted molar refractivity (Wildman–Crippen MR) is 106 cm³/mol. The molecule has 1 aromatic heterocycles. The van der Waals surface area contributed by atoms with Crippen molar-refractivity contribution in [3.63, 3.8) is 0 Å². The molecular formula is C19H17F3N6O3S. The molecular weight excluding hydrogens is 449 g/mol. The number of hydrogen-bond donors (Lipinski definition) is 3. The number of carbonyl (C=O) groups is 1. The van der Waals surface area contributed by atoms with Crippen molar-refractivity contribution in [1.29, 1.82) is 5.41 Å². The molecule has 2 heterocycles. The van der Waals surface area contributed by atoms with Crippen molar-refractivity contribution in [2.75, 3.05) is 12.4 Å². The van der Waals surface area contributed by atoms with Crippen LogP contribution in [0.15, 0.2) is 30.6 Å². The molecule has 5 rings (SSSR count). The molecule has 1 saturated carbocycles. The molecule has 0 radical (unpaired) electrons. The van der Waals surface area contributed by atoms with E-state index in [2.05, 4.69) is 20.6 Å². The third-order valence-electron chi connectivity index (χ3n) is 6.44. The van der Waals surface area contributed by atoms with Gasteiger partial charge in [0.15, 0.2) is 5.69 Å². The van der Waals surface area contributed by atoms with Crippen LogP contribution in [-0.2, 0) is 28.2 Å². The lowest BCUT2D eigenvalue weighted by atomic mass is 9.67. The molecule has 2 aromatic rings. The first kappa shape index (κ1) is 20.7. The van der Waals surface area contributed by atoms with Gasteiger partial charge in [0.25, 0.3) is 5.91 Å². The van der Waals surface area contributed by atoms with Crippen molar-refractivity contribution >= 4 is 27.6 Å². The molecule has 0 unspecified atom stereocenters. The summed E-state index contributed by atoms with van der Waals surface area (Å²) in [6.45, 7) is 0. The van der Waals surface area contributed by atoms with Crippen LogP contribution >= 0.6 is 0 Å². The van der Waals surface area contributed by atoms with Crippen LogP contribution in [-0.4, -0.2) is 46.4 Å². The maximum Gasteiger partial charge on any atom is 0.434 e. The normalized spacial score (nSPS) is 24.5. The van der Waals surface area contributed by atoms with Gasteiger partial charge >= 0.3 is 6.18 Å². The number of hydrogen-bond acceptors (Lipinski definition) is 6. The number of aromatic nitrogens is 2. The van der Waals surface area contributed by atoms with Gasteiger partial charge in [-0.25, -0.2) is 22.7 Å². The molecule has 2 aliphatic carbocycles. The minimum atomic E-state index is -4.66. The number of amides is 1. The zero-order valence-corrected chi connectivity index (χ0v) is 17.4. The number of fused-ring (bicyclic) bond motifs is 3. The van der Waals surface area contributed by atoms with Gasteiger partial charge in [0, 0.05) is 19.2 Å². The van der Waals surface area contributed by atoms with E-state index < -0.39 is 38.1 Å². The van der Waals surface area contributed by atoms with Gasteiger partial charge in [-0.15, -0.1) is 0 Å². The number of anilines is 1. The van der Waals surface area contributed by atoms with Crippen LogP contribution in [0.4, 0.5) is 18.9 Å². The van der Waals surface area contributed by atoms with Crippen LogP contribution in [0, 0.1) is 5.41 Å². The first-order valence-corrected chi connectivity index (χ1v) is 11.0. The van der Waals surface area contributed by atoms with Crippen molar-refractivity contribution in [3.05, 3.63) is 53.1 Å². The van der Waals surface area contributed by atoms with Gasteiger partial charge in [0.2, 0.25) is 16.0 Å². The lowest BCUT2D eigenvalue weighted by Gasteiger charge is -2.54. The van der Waals surface area contributed by atoms with Gasteiger partial charge in [-0.05, 0) is 36.1 Å². The zero-order valence-electron chi connectivity index (χ0n) is 16.6. The van der Waals surface area contributed by atoms with Gasteiger partial charge in [-0.3, -0.25) is 10.2 Å². The fraction of sp³-hybridized carbons (Fsp3) is 0.368. The Labute approximate surface area is 180 Å². The minimum Gasteiger partial charge on any atom is -0.344 e. The molecule has 2 spiro atoms. The van der Waals surface area contributed by atoms with E-state index in [1.165, 1.54) is 7.05 Å². The molecule has 168 valence electrons. The molecule has 0 bridgehead atoms. The summed E-state index contributed by atoms with van der Waals surface area (Å²) in [7, 11) is -2.39. The molecule has 3 N–H and O–H groups in total. The lowest BCUT2D eigenvalue weighted by molar-refractivity contribution is -0.141. The number of guanidine groups is 1. The summed E-state index contributed by atoms with van der Waals surface area (Å²) in [6, 6.07) is 5.01. The summed E-state index contributed by atoms with van der Waals surface area (Å²) in [4.78, 5) is 19.2. The Balaban J connectivity index is 1.43. The Morgan fingerprint density at radius 1 is 1.25 bits per heavy atom. The molecule has 1 amide bonds. The summed E-state index contributed by atoms with van der Waals surface area (Å²) in [5.74, 6) is -0.972. The fourth-order valence-electron chi connectivity index (χ4n) is 4.58. The smallest absolute Gasteiger partial charge is 0.344 e. The first-order valence-electron chi connectivity index (χ1n) is 9.61. The fourth-order valence-corrected chi connectivity index (χ4v) is 6.68. The molecule has 2 fully saturated rings. The topological polar surface area (TPSA) is 128 Å². The van der Waals surface area contributed by atoms with Crippen LogP contribution < -0.4 is 10.6 Å². The van der Waals surface area contributed by atoms with E-state index >= 15 is 0 Å². The molecule has 3 aliphatic rings. The van der Waals surface area contributed by atoms with Crippen LogP contribution in [0.1, 0.15) is 40.2 Å². The standard InChI is InChI=1S/C19H17F3N6O3S/c1-28-16(23)27-18(17(4-5-17)32(28,30)31)7-10-2-3-11(6-12(10)18)26-15(29)13-8-25-14(9-24-13)19(20,21)22/h2-3,6,8-9H,4-5,7H2,1H3,(H2,23,27)(H,26,29)/t18-/m1/s1. The quantitative estimate of drug-likeness (QED) is 0.620. The van der Waals surface area contributed by atoms with Gasteiger partial charge < -0.3 is 10.6 Å². The first-order chi connectivity index (χ1) is 14.9. The zero-order chi connectivity index (χ0) is 23.1. The maximum atomic E-state index is 13.1. The molecule has 32 heavy (non-hydrogen) atoms. The lowest BCUT2D eigenvalue weighted by Crippen LogP contribution is -2.72. The largest absolute Gasteiger partial charge is 0.434 e. The Kier molecular flexibility index (Phi) is 3.99. The molecule has 9 nitrogen and oxygen atoms in total. The van der Waals surface area contributed by atoms with Crippen molar-refractivity contribution in [2.45, 2.75) is 35.7 Å². The van der Waals surface area contributed by atoms with E-state index in [1.807, 2.05) is 0 Å². The third-order valence-corrected chi connectivity index (χ3v) is 9.09. The molecule has 1 aliphatic heterocycles. The summed E-state index contributed by atoms with van der Waals surface area (Å²) < 4.78 is 63.9. The maximum absolute atomic E-state index is 13.1. The highest BCUT2D eigenvalue weighted by Crippen LogP contribution is 2.63. The predicted octanol–water partition coefficient (Wildman–Crippen LogP) is 1.83. The van der Waals surface area contributed by atoms with E-state index in [-0.39, 0.29) is 11.7 Å². The Morgan fingerprint density at radius 2 is 1.97 bits per heavy atom. The van der Waals surface area contributed by atoms with E-state index in [9.17, 15) is 26.4 Å². The van der Waals surface area contributed by atoms with Crippen LogP contribution in [0.25, 0.3) is 0 Å². The molecule has 1 saturated heterocycles. The van der Waals surface area contributed by atoms with Crippen molar-refractivity contribution in [1.82, 2.24) is 19.6 Å². The Morgan fingerprint density at radius 3 is 2.56 bits per heavy atom. The van der Waals surface area contributed by atoms with Gasteiger partial charge in [0.1, 0.15) is 10.4 Å². The second-order valence-corrected chi connectivity index (χ2v) is 10.4. The Bertz CT molecular complexity index is 1270. The summed E-state index contributed by atoms with van der Waals surface area (Å²) in [5.41, 5.74) is -0.564. The van der Waals surface area contributed by atoms with Crippen LogP contribution in [0.3, 0.4) is 0 Å². The van der Waals surface area contributed by atoms with E-state index in [4.69, 9.17) is 5.41 Å². The number of nitrogens with zero attached hydrogens (tertiary/aromatic N) is 3. The average molecular weight is 466 g/mol. The van der Waals surface area contributed by atoms with E-state index in [0.29, 0.717) is 36.7 Å². The number of carbonyl (C=O) groups excluding carboxylic acids is 1. The number of alkyl halides is 3. The highest BCUT2D eigenvalue weighted by atomic mass is 32.2. The Hall–Kier alpha value is -3.22. The SMILES string of the molecule is CN1C(=N)N[C@@]2(Cc3ccc(NC(=O)c4cnc(C(F)(F)F)cn4)cc32)C2(CC2)S1(=O)=O. The highest BCUT2D eigenvalue weighted by molar-refractivity contribution is 7.91. The van der Waals surface area contributed by atoms with Crippen molar-refractivity contribution in [3.8, 4) is 0 Å². The van der Waals surface area contributed by atoms with Crippen LogP contribution in [0.5, 0.6) is 0 Å². The summed E-state index contributed by atoms with van der Waals surface area (Å²) in [5, 5.41) is 13.7. The summed E-state index contributed by atoms with van der Waals surface area (Å²) in [6.07, 6.45) is -2.10. The molecule has 1 atom stereocenters. The molecule has 1 aromatic carbocycles. The highest BCUT2D eigenvalue weighted by Gasteiger charge is 2.75.